The molecule has 0 saturated carbocycles. The van der Waals surface area contributed by atoms with E-state index in [-0.39, 0.29) is 5.91 Å². The van der Waals surface area contributed by atoms with E-state index in [1.807, 2.05) is 37.3 Å². The predicted octanol–water partition coefficient (Wildman–Crippen LogP) is 4.11. The van der Waals surface area contributed by atoms with Crippen LogP contribution in [0.25, 0.3) is 0 Å². The maximum atomic E-state index is 12.2. The fourth-order valence-corrected chi connectivity index (χ4v) is 2.39. The van der Waals surface area contributed by atoms with Crippen molar-refractivity contribution in [3.05, 3.63) is 82.8 Å². The third-order valence-corrected chi connectivity index (χ3v) is 4.05. The zero-order valence-electron chi connectivity index (χ0n) is 13.7. The molecule has 0 saturated heterocycles. The van der Waals surface area contributed by atoms with Gasteiger partial charge in [-0.3, -0.25) is 9.78 Å². The van der Waals surface area contributed by atoms with Crippen LogP contribution >= 0.6 is 11.6 Å². The summed E-state index contributed by atoms with van der Waals surface area (Å²) in [7, 11) is 0. The quantitative estimate of drug-likeness (QED) is 0.725. The molecule has 0 bridgehead atoms. The largest absolute Gasteiger partial charge is 0.348 e. The molecule has 0 radical (unpaired) electrons. The van der Waals surface area contributed by atoms with Gasteiger partial charge in [-0.15, -0.1) is 0 Å². The molecule has 0 fully saturated rings. The minimum absolute atomic E-state index is 0.179. The smallest absolute Gasteiger partial charge is 0.253 e. The Kier molecular flexibility index (Phi) is 5.26. The van der Waals surface area contributed by atoms with Crippen LogP contribution in [0.15, 0.2) is 61.1 Å². The lowest BCUT2D eigenvalue weighted by molar-refractivity contribution is 0.0950. The van der Waals surface area contributed by atoms with Crippen LogP contribution in [0.2, 0.25) is 5.02 Å². The van der Waals surface area contributed by atoms with Crippen molar-refractivity contribution in [2.45, 2.75) is 13.5 Å². The molecule has 2 heterocycles. The summed E-state index contributed by atoms with van der Waals surface area (Å²) in [5, 5.41) is 6.69. The number of aryl methyl sites for hydroxylation is 1. The highest BCUT2D eigenvalue weighted by Crippen LogP contribution is 2.22. The first kappa shape index (κ1) is 16.9. The van der Waals surface area contributed by atoms with Gasteiger partial charge < -0.3 is 10.6 Å². The predicted molar refractivity (Wildman–Crippen MR) is 99.1 cm³/mol. The average Bonchev–Trinajstić information content (AvgIpc) is 2.64. The Bertz CT molecular complexity index is 866. The van der Waals surface area contributed by atoms with E-state index in [1.54, 1.807) is 24.5 Å². The molecule has 0 unspecified atom stereocenters. The molecule has 2 aromatic heterocycles. The molecule has 6 heteroatoms. The molecule has 0 aliphatic carbocycles. The number of aromatic nitrogens is 2. The van der Waals surface area contributed by atoms with Crippen molar-refractivity contribution in [2.24, 2.45) is 0 Å². The molecular formula is C19H17ClN4O. The van der Waals surface area contributed by atoms with E-state index >= 15 is 0 Å². The third-order valence-electron chi connectivity index (χ3n) is 3.65. The van der Waals surface area contributed by atoms with Crippen LogP contribution < -0.4 is 10.6 Å². The standard InChI is InChI=1S/C19H17ClN4O/c1-13-4-6-16(9-17(13)20)24-18-7-5-15(12-22-18)19(25)23-11-14-3-2-8-21-10-14/h2-10,12H,11H2,1H3,(H,22,24)(H,23,25). The lowest BCUT2D eigenvalue weighted by Gasteiger charge is -2.08. The number of carbonyl (C=O) groups is 1. The van der Waals surface area contributed by atoms with E-state index in [4.69, 9.17) is 11.6 Å². The molecule has 0 aliphatic heterocycles. The van der Waals surface area contributed by atoms with E-state index in [0.717, 1.165) is 16.8 Å². The molecular weight excluding hydrogens is 336 g/mol. The molecule has 1 aromatic carbocycles. The number of amides is 1. The summed E-state index contributed by atoms with van der Waals surface area (Å²) in [5.41, 5.74) is 3.30. The Labute approximate surface area is 151 Å². The summed E-state index contributed by atoms with van der Waals surface area (Å²) in [6.45, 7) is 2.37. The molecule has 5 nitrogen and oxygen atoms in total. The molecule has 2 N–H and O–H groups in total. The van der Waals surface area contributed by atoms with Crippen molar-refractivity contribution < 1.29 is 4.79 Å². The fourth-order valence-electron chi connectivity index (χ4n) is 2.21. The number of hydrogen-bond acceptors (Lipinski definition) is 4. The number of hydrogen-bond donors (Lipinski definition) is 2. The number of nitrogens with zero attached hydrogens (tertiary/aromatic N) is 2. The van der Waals surface area contributed by atoms with E-state index in [9.17, 15) is 4.79 Å². The number of carbonyl (C=O) groups excluding carboxylic acids is 1. The Hall–Kier alpha value is -2.92. The Morgan fingerprint density at radius 2 is 2.04 bits per heavy atom. The molecule has 0 spiro atoms. The maximum absolute atomic E-state index is 12.2. The van der Waals surface area contributed by atoms with Crippen molar-refractivity contribution in [3.63, 3.8) is 0 Å². The van der Waals surface area contributed by atoms with Crippen molar-refractivity contribution in [1.82, 2.24) is 15.3 Å². The summed E-state index contributed by atoms with van der Waals surface area (Å²) in [4.78, 5) is 20.5. The number of halogens is 1. The van der Waals surface area contributed by atoms with Crippen molar-refractivity contribution in [2.75, 3.05) is 5.32 Å². The monoisotopic (exact) mass is 352 g/mol. The summed E-state index contributed by atoms with van der Waals surface area (Å²) in [5.74, 6) is 0.463. The van der Waals surface area contributed by atoms with Gasteiger partial charge in [0.2, 0.25) is 0 Å². The van der Waals surface area contributed by atoms with Gasteiger partial charge in [0.05, 0.1) is 5.56 Å². The highest BCUT2D eigenvalue weighted by molar-refractivity contribution is 6.31. The van der Waals surface area contributed by atoms with Gasteiger partial charge in [-0.05, 0) is 48.4 Å². The van der Waals surface area contributed by atoms with Crippen LogP contribution in [0.5, 0.6) is 0 Å². The minimum atomic E-state index is -0.179. The van der Waals surface area contributed by atoms with Gasteiger partial charge in [0.25, 0.3) is 5.91 Å². The van der Waals surface area contributed by atoms with Gasteiger partial charge in [-0.1, -0.05) is 23.7 Å². The first-order chi connectivity index (χ1) is 12.1. The summed E-state index contributed by atoms with van der Waals surface area (Å²) in [6.07, 6.45) is 4.96. The Balaban J connectivity index is 1.61. The lowest BCUT2D eigenvalue weighted by atomic mass is 10.2. The topological polar surface area (TPSA) is 66.9 Å². The highest BCUT2D eigenvalue weighted by atomic mass is 35.5. The number of nitrogens with one attached hydrogen (secondary N) is 2. The second-order valence-electron chi connectivity index (χ2n) is 5.57. The fraction of sp³-hybridized carbons (Fsp3) is 0.105. The lowest BCUT2D eigenvalue weighted by Crippen LogP contribution is -2.22. The number of rotatable bonds is 5. The van der Waals surface area contributed by atoms with Crippen molar-refractivity contribution in [3.8, 4) is 0 Å². The second-order valence-corrected chi connectivity index (χ2v) is 5.97. The van der Waals surface area contributed by atoms with Crippen LogP contribution in [0.1, 0.15) is 21.5 Å². The van der Waals surface area contributed by atoms with Crippen molar-refractivity contribution in [1.29, 1.82) is 0 Å². The van der Waals surface area contributed by atoms with Crippen LogP contribution in [-0.2, 0) is 6.54 Å². The van der Waals surface area contributed by atoms with Gasteiger partial charge in [0.1, 0.15) is 5.82 Å². The first-order valence-corrected chi connectivity index (χ1v) is 8.16. The zero-order chi connectivity index (χ0) is 17.6. The highest BCUT2D eigenvalue weighted by Gasteiger charge is 2.06. The molecule has 1 amide bonds. The molecule has 0 aliphatic rings. The summed E-state index contributed by atoms with van der Waals surface area (Å²) >= 11 is 6.11. The molecule has 3 rings (SSSR count). The van der Waals surface area contributed by atoms with Crippen LogP contribution in [0, 0.1) is 6.92 Å². The summed E-state index contributed by atoms with van der Waals surface area (Å²) < 4.78 is 0. The van der Waals surface area contributed by atoms with E-state index in [2.05, 4.69) is 20.6 Å². The van der Waals surface area contributed by atoms with Crippen LogP contribution in [0.4, 0.5) is 11.5 Å². The Morgan fingerprint density at radius 3 is 2.72 bits per heavy atom. The van der Waals surface area contributed by atoms with Gasteiger partial charge in [0, 0.05) is 35.8 Å². The van der Waals surface area contributed by atoms with Gasteiger partial charge >= 0.3 is 0 Å². The van der Waals surface area contributed by atoms with Crippen LogP contribution in [-0.4, -0.2) is 15.9 Å². The van der Waals surface area contributed by atoms with Crippen molar-refractivity contribution >= 4 is 29.0 Å². The average molecular weight is 353 g/mol. The molecule has 3 aromatic rings. The number of pyridine rings is 2. The Morgan fingerprint density at radius 1 is 1.16 bits per heavy atom. The zero-order valence-corrected chi connectivity index (χ0v) is 14.4. The van der Waals surface area contributed by atoms with E-state index in [1.165, 1.54) is 6.20 Å². The van der Waals surface area contributed by atoms with E-state index < -0.39 is 0 Å². The summed E-state index contributed by atoms with van der Waals surface area (Å²) in [6, 6.07) is 12.9. The number of benzene rings is 1. The maximum Gasteiger partial charge on any atom is 0.253 e. The van der Waals surface area contributed by atoms with Gasteiger partial charge in [-0.2, -0.15) is 0 Å². The van der Waals surface area contributed by atoms with Crippen LogP contribution in [0.3, 0.4) is 0 Å². The normalized spacial score (nSPS) is 10.3. The first-order valence-electron chi connectivity index (χ1n) is 7.78. The van der Waals surface area contributed by atoms with Gasteiger partial charge in [0.15, 0.2) is 0 Å². The minimum Gasteiger partial charge on any atom is -0.348 e. The molecule has 0 atom stereocenters. The molecule has 25 heavy (non-hydrogen) atoms. The third kappa shape index (κ3) is 4.55. The number of anilines is 2. The van der Waals surface area contributed by atoms with E-state index in [0.29, 0.717) is 22.9 Å². The van der Waals surface area contributed by atoms with Gasteiger partial charge in [-0.25, -0.2) is 4.98 Å². The molecule has 126 valence electrons. The SMILES string of the molecule is Cc1ccc(Nc2ccc(C(=O)NCc3cccnc3)cn2)cc1Cl. The second kappa shape index (κ2) is 7.77.